The van der Waals surface area contributed by atoms with E-state index in [1.807, 2.05) is 23.9 Å². The van der Waals surface area contributed by atoms with Crippen molar-refractivity contribution in [3.05, 3.63) is 41.3 Å². The number of rotatable bonds is 3. The first-order chi connectivity index (χ1) is 13.6. The molecule has 0 bridgehead atoms. The number of nitrogens with one attached hydrogen (secondary N) is 1. The summed E-state index contributed by atoms with van der Waals surface area (Å²) in [6.07, 6.45) is 3.02. The van der Waals surface area contributed by atoms with Crippen LogP contribution in [0.4, 0.5) is 10.2 Å². The molecule has 2 aromatic heterocycles. The number of hydrogen-bond donors (Lipinski definition) is 1. The summed E-state index contributed by atoms with van der Waals surface area (Å²) in [6.45, 7) is 7.33. The highest BCUT2D eigenvalue weighted by atomic mass is 19.1. The Bertz CT molecular complexity index is 1030. The van der Waals surface area contributed by atoms with Crippen LogP contribution in [0.15, 0.2) is 24.4 Å². The largest absolute Gasteiger partial charge is 0.356 e. The van der Waals surface area contributed by atoms with Crippen molar-refractivity contribution in [2.24, 2.45) is 0 Å². The van der Waals surface area contributed by atoms with Crippen LogP contribution in [0.1, 0.15) is 35.7 Å². The fourth-order valence-corrected chi connectivity index (χ4v) is 4.31. The quantitative estimate of drug-likeness (QED) is 0.757. The standard InChI is InChI=1S/C21H25FN6/c1-13-8-15-11-24-28(19(15)9-17(13)16-4-5-23-12-18(16)22)21-10-20(25-14(2)26-21)27-6-3-7-27/h8-11,16,18,23H,3-7,12H2,1-2H3. The van der Waals surface area contributed by atoms with Gasteiger partial charge in [-0.2, -0.15) is 5.10 Å². The van der Waals surface area contributed by atoms with Crippen molar-refractivity contribution in [2.45, 2.75) is 38.8 Å². The number of piperidine rings is 1. The van der Waals surface area contributed by atoms with Crippen LogP contribution in [0.25, 0.3) is 16.7 Å². The normalized spacial score (nSPS) is 22.5. The molecule has 4 heterocycles. The lowest BCUT2D eigenvalue weighted by Crippen LogP contribution is -2.37. The van der Waals surface area contributed by atoms with E-state index >= 15 is 0 Å². The molecule has 6 nitrogen and oxygen atoms in total. The predicted octanol–water partition coefficient (Wildman–Crippen LogP) is 3.06. The summed E-state index contributed by atoms with van der Waals surface area (Å²) in [7, 11) is 0. The third-order valence-corrected chi connectivity index (χ3v) is 5.97. The van der Waals surface area contributed by atoms with Gasteiger partial charge in [-0.05, 0) is 56.5 Å². The van der Waals surface area contributed by atoms with E-state index < -0.39 is 6.17 Å². The Labute approximate surface area is 163 Å². The minimum Gasteiger partial charge on any atom is -0.356 e. The Hall–Kier alpha value is -2.54. The zero-order valence-electron chi connectivity index (χ0n) is 16.3. The van der Waals surface area contributed by atoms with Gasteiger partial charge in [0.05, 0.1) is 11.7 Å². The van der Waals surface area contributed by atoms with Crippen LogP contribution in [0.3, 0.4) is 0 Å². The third kappa shape index (κ3) is 2.94. The van der Waals surface area contributed by atoms with E-state index in [2.05, 4.69) is 44.3 Å². The van der Waals surface area contributed by atoms with Gasteiger partial charge in [-0.3, -0.25) is 0 Å². The molecule has 2 unspecified atom stereocenters. The van der Waals surface area contributed by atoms with Gasteiger partial charge in [0.2, 0.25) is 0 Å². The number of halogens is 1. The number of anilines is 1. The average Bonchev–Trinajstić information content (AvgIpc) is 3.02. The van der Waals surface area contributed by atoms with E-state index in [1.54, 1.807) is 0 Å². The third-order valence-electron chi connectivity index (χ3n) is 5.97. The van der Waals surface area contributed by atoms with E-state index in [0.29, 0.717) is 6.54 Å². The second-order valence-corrected chi connectivity index (χ2v) is 7.91. The molecule has 0 amide bonds. The molecule has 28 heavy (non-hydrogen) atoms. The van der Waals surface area contributed by atoms with Crippen molar-refractivity contribution < 1.29 is 4.39 Å². The highest BCUT2D eigenvalue weighted by molar-refractivity contribution is 5.82. The smallest absolute Gasteiger partial charge is 0.159 e. The van der Waals surface area contributed by atoms with Crippen molar-refractivity contribution in [3.63, 3.8) is 0 Å². The van der Waals surface area contributed by atoms with Gasteiger partial charge in [0.15, 0.2) is 5.82 Å². The van der Waals surface area contributed by atoms with Crippen molar-refractivity contribution in [2.75, 3.05) is 31.1 Å². The summed E-state index contributed by atoms with van der Waals surface area (Å²) in [5.74, 6) is 2.38. The van der Waals surface area contributed by atoms with Gasteiger partial charge < -0.3 is 10.2 Å². The molecule has 146 valence electrons. The van der Waals surface area contributed by atoms with Crippen molar-refractivity contribution >= 4 is 16.7 Å². The minimum atomic E-state index is -0.861. The molecular formula is C21H25FN6. The maximum absolute atomic E-state index is 14.6. The molecule has 1 N–H and O–H groups in total. The van der Waals surface area contributed by atoms with Crippen molar-refractivity contribution in [3.8, 4) is 5.82 Å². The Kier molecular flexibility index (Phi) is 4.27. The lowest BCUT2D eigenvalue weighted by molar-refractivity contribution is 0.231. The molecular weight excluding hydrogens is 355 g/mol. The number of aryl methyl sites for hydroxylation is 2. The molecule has 3 aromatic rings. The maximum Gasteiger partial charge on any atom is 0.159 e. The highest BCUT2D eigenvalue weighted by Crippen LogP contribution is 2.33. The Balaban J connectivity index is 1.61. The van der Waals surface area contributed by atoms with Crippen molar-refractivity contribution in [1.82, 2.24) is 25.1 Å². The molecule has 1 aromatic carbocycles. The van der Waals surface area contributed by atoms with Gasteiger partial charge in [0.1, 0.15) is 17.8 Å². The molecule has 2 fully saturated rings. The molecule has 5 rings (SSSR count). The fraction of sp³-hybridized carbons (Fsp3) is 0.476. The number of aromatic nitrogens is 4. The summed E-state index contributed by atoms with van der Waals surface area (Å²) in [4.78, 5) is 11.5. The lowest BCUT2D eigenvalue weighted by atomic mass is 9.85. The molecule has 7 heteroatoms. The van der Waals surface area contributed by atoms with Gasteiger partial charge in [-0.1, -0.05) is 0 Å². The average molecular weight is 380 g/mol. The number of benzene rings is 1. The molecule has 0 saturated carbocycles. The van der Waals surface area contributed by atoms with Gasteiger partial charge in [-0.25, -0.2) is 19.0 Å². The second kappa shape index (κ2) is 6.81. The van der Waals surface area contributed by atoms with Gasteiger partial charge in [-0.15, -0.1) is 0 Å². The van der Waals surface area contributed by atoms with E-state index in [0.717, 1.165) is 65.5 Å². The summed E-state index contributed by atoms with van der Waals surface area (Å²) in [6, 6.07) is 6.23. The number of alkyl halides is 1. The zero-order valence-corrected chi connectivity index (χ0v) is 16.3. The lowest BCUT2D eigenvalue weighted by Gasteiger charge is -2.32. The molecule has 2 saturated heterocycles. The van der Waals surface area contributed by atoms with E-state index in [9.17, 15) is 4.39 Å². The topological polar surface area (TPSA) is 58.9 Å². The second-order valence-electron chi connectivity index (χ2n) is 7.91. The monoisotopic (exact) mass is 380 g/mol. The van der Waals surface area contributed by atoms with Crippen LogP contribution in [-0.4, -0.2) is 52.1 Å². The Morgan fingerprint density at radius 2 is 1.93 bits per heavy atom. The van der Waals surface area contributed by atoms with E-state index in [-0.39, 0.29) is 5.92 Å². The first-order valence-corrected chi connectivity index (χ1v) is 10.0. The summed E-state index contributed by atoms with van der Waals surface area (Å²) in [5, 5.41) is 8.79. The predicted molar refractivity (Wildman–Crippen MR) is 108 cm³/mol. The first kappa shape index (κ1) is 17.6. The Morgan fingerprint density at radius 1 is 1.11 bits per heavy atom. The number of hydrogen-bond acceptors (Lipinski definition) is 5. The molecule has 2 aliphatic rings. The summed E-state index contributed by atoms with van der Waals surface area (Å²) < 4.78 is 16.5. The van der Waals surface area contributed by atoms with Crippen LogP contribution < -0.4 is 10.2 Å². The molecule has 2 atom stereocenters. The van der Waals surface area contributed by atoms with Gasteiger partial charge in [0, 0.05) is 37.0 Å². The number of fused-ring (bicyclic) bond motifs is 1. The molecule has 0 spiro atoms. The molecule has 2 aliphatic heterocycles. The molecule has 0 aliphatic carbocycles. The van der Waals surface area contributed by atoms with E-state index in [1.165, 1.54) is 6.42 Å². The highest BCUT2D eigenvalue weighted by Gasteiger charge is 2.28. The number of nitrogens with zero attached hydrogens (tertiary/aromatic N) is 5. The van der Waals surface area contributed by atoms with Crippen LogP contribution in [0.2, 0.25) is 0 Å². The first-order valence-electron chi connectivity index (χ1n) is 10.0. The van der Waals surface area contributed by atoms with Gasteiger partial charge >= 0.3 is 0 Å². The molecule has 0 radical (unpaired) electrons. The summed E-state index contributed by atoms with van der Waals surface area (Å²) in [5.41, 5.74) is 3.18. The van der Waals surface area contributed by atoms with E-state index in [4.69, 9.17) is 0 Å². The minimum absolute atomic E-state index is 0.0715. The fourth-order valence-electron chi connectivity index (χ4n) is 4.31. The van der Waals surface area contributed by atoms with Crippen molar-refractivity contribution in [1.29, 1.82) is 0 Å². The van der Waals surface area contributed by atoms with Gasteiger partial charge in [0.25, 0.3) is 0 Å². The van der Waals surface area contributed by atoms with Crippen LogP contribution in [0, 0.1) is 13.8 Å². The SMILES string of the molecule is Cc1nc(N2CCC2)cc(-n2ncc3cc(C)c(C4CCNCC4F)cc32)n1. The van der Waals surface area contributed by atoms with Crippen LogP contribution in [-0.2, 0) is 0 Å². The summed E-state index contributed by atoms with van der Waals surface area (Å²) >= 11 is 0. The zero-order chi connectivity index (χ0) is 19.3. The van der Waals surface area contributed by atoms with Crippen LogP contribution in [0.5, 0.6) is 0 Å². The maximum atomic E-state index is 14.6. The Morgan fingerprint density at radius 3 is 2.68 bits per heavy atom. The van der Waals surface area contributed by atoms with Crippen LogP contribution >= 0.6 is 0 Å².